The predicted molar refractivity (Wildman–Crippen MR) is 74.0 cm³/mol. The molecule has 3 rings (SSSR count). The van der Waals surface area contributed by atoms with Crippen LogP contribution in [0.15, 0.2) is 18.2 Å². The number of rotatable bonds is 3. The van der Waals surface area contributed by atoms with Crippen LogP contribution in [-0.2, 0) is 11.3 Å². The van der Waals surface area contributed by atoms with Crippen LogP contribution in [0.1, 0.15) is 44.0 Å². The Labute approximate surface area is 118 Å². The number of carbonyl (C=O) groups is 2. The van der Waals surface area contributed by atoms with Crippen LogP contribution >= 0.6 is 0 Å². The number of urea groups is 1. The molecule has 0 N–H and O–H groups in total. The molecule has 0 radical (unpaired) electrons. The number of pyridine rings is 1. The van der Waals surface area contributed by atoms with Gasteiger partial charge in [0.15, 0.2) is 0 Å². The second-order valence-corrected chi connectivity index (χ2v) is 5.77. The number of imide groups is 1. The number of fused-ring (bicyclic) bond motifs is 1. The van der Waals surface area contributed by atoms with E-state index in [1.165, 1.54) is 4.90 Å². The summed E-state index contributed by atoms with van der Waals surface area (Å²) < 4.78 is 0. The molecule has 0 spiro atoms. The zero-order valence-corrected chi connectivity index (χ0v) is 11.9. The van der Waals surface area contributed by atoms with Gasteiger partial charge in [0.25, 0.3) is 5.91 Å². The highest BCUT2D eigenvalue weighted by Crippen LogP contribution is 2.28. The molecule has 2 fully saturated rings. The van der Waals surface area contributed by atoms with Crippen LogP contribution in [0.4, 0.5) is 4.79 Å². The van der Waals surface area contributed by atoms with Crippen LogP contribution in [0.3, 0.4) is 0 Å². The maximum absolute atomic E-state index is 12.3. The maximum Gasteiger partial charge on any atom is 0.327 e. The van der Waals surface area contributed by atoms with Crippen molar-refractivity contribution in [1.82, 2.24) is 14.8 Å². The van der Waals surface area contributed by atoms with E-state index in [4.69, 9.17) is 0 Å². The highest BCUT2D eigenvalue weighted by molar-refractivity contribution is 6.04. The van der Waals surface area contributed by atoms with Crippen molar-refractivity contribution >= 4 is 11.9 Å². The number of nitrogens with zero attached hydrogens (tertiary/aromatic N) is 3. The largest absolute Gasteiger partial charge is 0.327 e. The Morgan fingerprint density at radius 3 is 2.85 bits per heavy atom. The molecule has 3 heterocycles. The lowest BCUT2D eigenvalue weighted by Crippen LogP contribution is -2.33. The molecule has 106 valence electrons. The van der Waals surface area contributed by atoms with Gasteiger partial charge in [0, 0.05) is 12.2 Å². The summed E-state index contributed by atoms with van der Waals surface area (Å²) in [5.74, 6) is 0.271. The van der Waals surface area contributed by atoms with E-state index in [0.717, 1.165) is 24.2 Å². The van der Waals surface area contributed by atoms with Crippen LogP contribution in [0.25, 0.3) is 0 Å². The molecular weight excluding hydrogens is 254 g/mol. The van der Waals surface area contributed by atoms with E-state index in [0.29, 0.717) is 12.5 Å². The molecule has 1 atom stereocenters. The lowest BCUT2D eigenvalue weighted by molar-refractivity contribution is -0.128. The van der Waals surface area contributed by atoms with Gasteiger partial charge in [-0.25, -0.2) is 4.79 Å². The third-order valence-electron chi connectivity index (χ3n) is 4.02. The highest BCUT2D eigenvalue weighted by Gasteiger charge is 2.47. The number of hydrogen-bond donors (Lipinski definition) is 0. The topological polar surface area (TPSA) is 53.5 Å². The van der Waals surface area contributed by atoms with E-state index < -0.39 is 0 Å². The van der Waals surface area contributed by atoms with Crippen molar-refractivity contribution < 1.29 is 9.59 Å². The molecule has 0 saturated carbocycles. The van der Waals surface area contributed by atoms with Gasteiger partial charge in [0.05, 0.1) is 12.2 Å². The van der Waals surface area contributed by atoms with Crippen LogP contribution in [-0.4, -0.2) is 39.3 Å². The lowest BCUT2D eigenvalue weighted by Gasteiger charge is -2.15. The van der Waals surface area contributed by atoms with Gasteiger partial charge in [-0.2, -0.15) is 0 Å². The fourth-order valence-electron chi connectivity index (χ4n) is 2.90. The lowest BCUT2D eigenvalue weighted by atomic mass is 10.1. The summed E-state index contributed by atoms with van der Waals surface area (Å²) >= 11 is 0. The molecule has 0 bridgehead atoms. The fourth-order valence-corrected chi connectivity index (χ4v) is 2.90. The van der Waals surface area contributed by atoms with E-state index in [2.05, 4.69) is 18.8 Å². The van der Waals surface area contributed by atoms with E-state index in [1.807, 2.05) is 18.2 Å². The fraction of sp³-hybridized carbons (Fsp3) is 0.533. The summed E-state index contributed by atoms with van der Waals surface area (Å²) in [6.45, 7) is 5.14. The van der Waals surface area contributed by atoms with Gasteiger partial charge in [0.2, 0.25) is 0 Å². The first-order valence-corrected chi connectivity index (χ1v) is 7.15. The summed E-state index contributed by atoms with van der Waals surface area (Å²) in [5.41, 5.74) is 1.76. The van der Waals surface area contributed by atoms with Gasteiger partial charge in [-0.1, -0.05) is 19.9 Å². The molecule has 0 aromatic carbocycles. The molecular formula is C15H19N3O2. The summed E-state index contributed by atoms with van der Waals surface area (Å²) in [5, 5.41) is 0. The summed E-state index contributed by atoms with van der Waals surface area (Å²) in [6, 6.07) is 5.39. The molecule has 0 aliphatic carbocycles. The highest BCUT2D eigenvalue weighted by atomic mass is 16.2. The molecule has 0 unspecified atom stereocenters. The minimum atomic E-state index is -0.226. The van der Waals surface area contributed by atoms with Gasteiger partial charge in [0.1, 0.15) is 6.04 Å². The van der Waals surface area contributed by atoms with Gasteiger partial charge < -0.3 is 4.90 Å². The normalized spacial score (nSPS) is 22.1. The first-order chi connectivity index (χ1) is 9.58. The van der Waals surface area contributed by atoms with Crippen molar-refractivity contribution in [1.29, 1.82) is 0 Å². The van der Waals surface area contributed by atoms with Crippen LogP contribution in [0.2, 0.25) is 0 Å². The Balaban J connectivity index is 1.80. The third kappa shape index (κ3) is 2.07. The maximum atomic E-state index is 12.3. The third-order valence-corrected chi connectivity index (χ3v) is 4.02. The van der Waals surface area contributed by atoms with Crippen molar-refractivity contribution in [3.05, 3.63) is 29.6 Å². The molecule has 5 nitrogen and oxygen atoms in total. The van der Waals surface area contributed by atoms with Crippen LogP contribution < -0.4 is 0 Å². The second kappa shape index (κ2) is 4.89. The minimum Gasteiger partial charge on any atom is -0.312 e. The van der Waals surface area contributed by atoms with E-state index in [1.54, 1.807) is 4.90 Å². The monoisotopic (exact) mass is 273 g/mol. The van der Waals surface area contributed by atoms with E-state index in [-0.39, 0.29) is 24.5 Å². The standard InChI is InChI=1S/C15H19N3O2/c1-10(2)12-6-3-5-11(16-12)9-18-14(19)13-7-4-8-17(13)15(18)20/h3,5-6,10,13H,4,7-9H2,1-2H3/t13-/m0/s1. The Kier molecular flexibility index (Phi) is 3.20. The molecule has 1 aromatic rings. The second-order valence-electron chi connectivity index (χ2n) is 5.77. The van der Waals surface area contributed by atoms with Crippen molar-refractivity contribution in [2.75, 3.05) is 6.54 Å². The smallest absolute Gasteiger partial charge is 0.312 e. The zero-order chi connectivity index (χ0) is 14.3. The average molecular weight is 273 g/mol. The molecule has 1 aromatic heterocycles. The first kappa shape index (κ1) is 13.1. The van der Waals surface area contributed by atoms with Crippen molar-refractivity contribution in [2.24, 2.45) is 0 Å². The van der Waals surface area contributed by atoms with Crippen LogP contribution in [0.5, 0.6) is 0 Å². The van der Waals surface area contributed by atoms with Gasteiger partial charge in [-0.15, -0.1) is 0 Å². The minimum absolute atomic E-state index is 0.0655. The predicted octanol–water partition coefficient (Wildman–Crippen LogP) is 2.13. The average Bonchev–Trinajstić information content (AvgIpc) is 2.99. The Morgan fingerprint density at radius 2 is 2.15 bits per heavy atom. The Hall–Kier alpha value is -1.91. The Morgan fingerprint density at radius 1 is 1.35 bits per heavy atom. The van der Waals surface area contributed by atoms with Crippen molar-refractivity contribution in [2.45, 2.75) is 45.2 Å². The number of carbonyl (C=O) groups excluding carboxylic acids is 2. The SMILES string of the molecule is CC(C)c1cccc(CN2C(=O)[C@@H]3CCCN3C2=O)n1. The Bertz CT molecular complexity index is 534. The summed E-state index contributed by atoms with van der Waals surface area (Å²) in [4.78, 5) is 32.0. The summed E-state index contributed by atoms with van der Waals surface area (Å²) in [7, 11) is 0. The van der Waals surface area contributed by atoms with Crippen molar-refractivity contribution in [3.8, 4) is 0 Å². The first-order valence-electron chi connectivity index (χ1n) is 7.15. The van der Waals surface area contributed by atoms with Crippen molar-refractivity contribution in [3.63, 3.8) is 0 Å². The quantitative estimate of drug-likeness (QED) is 0.793. The number of aromatic nitrogens is 1. The number of amides is 3. The van der Waals surface area contributed by atoms with E-state index in [9.17, 15) is 9.59 Å². The summed E-state index contributed by atoms with van der Waals surface area (Å²) in [6.07, 6.45) is 1.72. The number of hydrogen-bond acceptors (Lipinski definition) is 3. The molecule has 2 aliphatic heterocycles. The van der Waals surface area contributed by atoms with Gasteiger partial charge in [-0.3, -0.25) is 14.7 Å². The van der Waals surface area contributed by atoms with E-state index >= 15 is 0 Å². The van der Waals surface area contributed by atoms with Gasteiger partial charge >= 0.3 is 6.03 Å². The molecule has 5 heteroatoms. The van der Waals surface area contributed by atoms with Crippen LogP contribution in [0, 0.1) is 0 Å². The molecule has 3 amide bonds. The zero-order valence-electron chi connectivity index (χ0n) is 11.9. The molecule has 2 aliphatic rings. The molecule has 20 heavy (non-hydrogen) atoms. The molecule has 2 saturated heterocycles. The van der Waals surface area contributed by atoms with Gasteiger partial charge in [-0.05, 0) is 30.9 Å².